The van der Waals surface area contributed by atoms with Gasteiger partial charge in [0.15, 0.2) is 0 Å². The zero-order chi connectivity index (χ0) is 12.7. The molecule has 1 aromatic carbocycles. The third-order valence-electron chi connectivity index (χ3n) is 2.58. The third kappa shape index (κ3) is 4.86. The molecule has 1 aromatic rings. The average molecular weight is 276 g/mol. The lowest BCUT2D eigenvalue weighted by atomic mass is 10.0. The molecule has 0 spiro atoms. The summed E-state index contributed by atoms with van der Waals surface area (Å²) in [5.74, 6) is 0.811. The van der Waals surface area contributed by atoms with E-state index in [0.717, 1.165) is 30.7 Å². The zero-order valence-electron chi connectivity index (χ0n) is 10.3. The van der Waals surface area contributed by atoms with E-state index in [9.17, 15) is 4.39 Å². The quantitative estimate of drug-likeness (QED) is 0.797. The molecule has 0 bridgehead atoms. The maximum absolute atomic E-state index is 13.3. The highest BCUT2D eigenvalue weighted by molar-refractivity contribution is 7.98. The van der Waals surface area contributed by atoms with Crippen molar-refractivity contribution in [1.82, 2.24) is 5.32 Å². The van der Waals surface area contributed by atoms with Crippen LogP contribution in [-0.2, 0) is 0 Å². The van der Waals surface area contributed by atoms with E-state index >= 15 is 0 Å². The largest absolute Gasteiger partial charge is 0.310 e. The second kappa shape index (κ2) is 7.96. The van der Waals surface area contributed by atoms with Gasteiger partial charge in [-0.15, -0.1) is 0 Å². The minimum Gasteiger partial charge on any atom is -0.310 e. The Bertz CT molecular complexity index is 338. The Morgan fingerprint density at radius 3 is 2.88 bits per heavy atom. The predicted octanol–water partition coefficient (Wildman–Crippen LogP) is 4.27. The van der Waals surface area contributed by atoms with E-state index in [1.807, 2.05) is 0 Å². The fraction of sp³-hybridized carbons (Fsp3) is 0.538. The lowest BCUT2D eigenvalue weighted by molar-refractivity contribution is 0.517. The summed E-state index contributed by atoms with van der Waals surface area (Å²) in [6.07, 6.45) is 4.09. The van der Waals surface area contributed by atoms with Gasteiger partial charge in [-0.2, -0.15) is 11.8 Å². The van der Waals surface area contributed by atoms with Crippen LogP contribution in [0.4, 0.5) is 4.39 Å². The first kappa shape index (κ1) is 14.8. The van der Waals surface area contributed by atoms with E-state index in [1.165, 1.54) is 12.1 Å². The van der Waals surface area contributed by atoms with Crippen molar-refractivity contribution in [2.45, 2.75) is 25.8 Å². The molecule has 1 rings (SSSR count). The van der Waals surface area contributed by atoms with Crippen LogP contribution in [-0.4, -0.2) is 18.6 Å². The summed E-state index contributed by atoms with van der Waals surface area (Å²) in [6.45, 7) is 3.04. The Morgan fingerprint density at radius 2 is 2.24 bits per heavy atom. The van der Waals surface area contributed by atoms with Crippen LogP contribution >= 0.6 is 23.4 Å². The molecule has 1 atom stereocenters. The molecule has 0 heterocycles. The Kier molecular flexibility index (Phi) is 6.93. The first-order valence-corrected chi connectivity index (χ1v) is 7.63. The monoisotopic (exact) mass is 275 g/mol. The number of rotatable bonds is 7. The van der Waals surface area contributed by atoms with Crippen LogP contribution in [0.3, 0.4) is 0 Å². The smallest absolute Gasteiger partial charge is 0.123 e. The number of nitrogens with one attached hydrogen (secondary N) is 1. The Morgan fingerprint density at radius 1 is 1.47 bits per heavy atom. The van der Waals surface area contributed by atoms with Gasteiger partial charge in [-0.1, -0.05) is 18.5 Å². The van der Waals surface area contributed by atoms with Gasteiger partial charge in [0.2, 0.25) is 0 Å². The van der Waals surface area contributed by atoms with Gasteiger partial charge in [-0.05, 0) is 55.2 Å². The summed E-state index contributed by atoms with van der Waals surface area (Å²) in [7, 11) is 0. The van der Waals surface area contributed by atoms with Gasteiger partial charge in [-0.3, -0.25) is 0 Å². The predicted molar refractivity (Wildman–Crippen MR) is 75.4 cm³/mol. The van der Waals surface area contributed by atoms with E-state index in [1.54, 1.807) is 17.8 Å². The molecule has 0 aromatic heterocycles. The van der Waals surface area contributed by atoms with Gasteiger partial charge in [0.25, 0.3) is 0 Å². The van der Waals surface area contributed by atoms with Gasteiger partial charge < -0.3 is 5.32 Å². The lowest BCUT2D eigenvalue weighted by Crippen LogP contribution is -2.23. The molecule has 0 aliphatic carbocycles. The fourth-order valence-electron chi connectivity index (χ4n) is 1.70. The minimum absolute atomic E-state index is 0.144. The topological polar surface area (TPSA) is 12.0 Å². The number of hydrogen-bond acceptors (Lipinski definition) is 2. The van der Waals surface area contributed by atoms with Crippen LogP contribution in [0.15, 0.2) is 18.2 Å². The highest BCUT2D eigenvalue weighted by Gasteiger charge is 2.14. The molecule has 1 unspecified atom stereocenters. The standard InChI is InChI=1S/C13H19ClFNS/c1-3-7-16-13(6-8-17-2)11-9-10(15)4-5-12(11)14/h4-5,9,13,16H,3,6-8H2,1-2H3. The van der Waals surface area contributed by atoms with Crippen molar-refractivity contribution in [3.63, 3.8) is 0 Å². The molecule has 0 saturated carbocycles. The van der Waals surface area contributed by atoms with Gasteiger partial charge in [0, 0.05) is 11.1 Å². The molecule has 17 heavy (non-hydrogen) atoms. The molecule has 0 amide bonds. The lowest BCUT2D eigenvalue weighted by Gasteiger charge is -2.20. The van der Waals surface area contributed by atoms with Gasteiger partial charge in [0.05, 0.1) is 0 Å². The third-order valence-corrected chi connectivity index (χ3v) is 3.57. The zero-order valence-corrected chi connectivity index (χ0v) is 11.9. The summed E-state index contributed by atoms with van der Waals surface area (Å²) in [4.78, 5) is 0. The van der Waals surface area contributed by atoms with Crippen molar-refractivity contribution in [2.24, 2.45) is 0 Å². The van der Waals surface area contributed by atoms with Crippen LogP contribution in [0.25, 0.3) is 0 Å². The Hall–Kier alpha value is -0.250. The average Bonchev–Trinajstić information content (AvgIpc) is 2.33. The van der Waals surface area contributed by atoms with E-state index in [2.05, 4.69) is 18.5 Å². The molecular weight excluding hydrogens is 257 g/mol. The molecule has 0 radical (unpaired) electrons. The van der Waals surface area contributed by atoms with Crippen LogP contribution < -0.4 is 5.32 Å². The number of benzene rings is 1. The van der Waals surface area contributed by atoms with Gasteiger partial charge in [-0.25, -0.2) is 4.39 Å². The van der Waals surface area contributed by atoms with Crippen molar-refractivity contribution >= 4 is 23.4 Å². The Balaban J connectivity index is 2.82. The molecule has 4 heteroatoms. The summed E-state index contributed by atoms with van der Waals surface area (Å²) >= 11 is 7.93. The summed E-state index contributed by atoms with van der Waals surface area (Å²) in [5, 5.41) is 4.06. The molecule has 0 saturated heterocycles. The van der Waals surface area contributed by atoms with Crippen molar-refractivity contribution in [3.8, 4) is 0 Å². The van der Waals surface area contributed by atoms with Crippen LogP contribution in [0, 0.1) is 5.82 Å². The molecular formula is C13H19ClFNS. The SMILES string of the molecule is CCCNC(CCSC)c1cc(F)ccc1Cl. The van der Waals surface area contributed by atoms with Gasteiger partial charge in [0.1, 0.15) is 5.82 Å². The van der Waals surface area contributed by atoms with E-state index in [4.69, 9.17) is 11.6 Å². The first-order chi connectivity index (χ1) is 8.19. The van der Waals surface area contributed by atoms with Crippen LogP contribution in [0.1, 0.15) is 31.4 Å². The van der Waals surface area contributed by atoms with Gasteiger partial charge >= 0.3 is 0 Å². The highest BCUT2D eigenvalue weighted by atomic mass is 35.5. The minimum atomic E-state index is -0.225. The van der Waals surface area contributed by atoms with Crippen molar-refractivity contribution in [1.29, 1.82) is 0 Å². The second-order valence-electron chi connectivity index (χ2n) is 3.95. The summed E-state index contributed by atoms with van der Waals surface area (Å²) in [5.41, 5.74) is 0.870. The van der Waals surface area contributed by atoms with E-state index in [0.29, 0.717) is 5.02 Å². The second-order valence-corrected chi connectivity index (χ2v) is 5.35. The number of halogens is 2. The molecule has 96 valence electrons. The van der Waals surface area contributed by atoms with Crippen molar-refractivity contribution in [2.75, 3.05) is 18.6 Å². The van der Waals surface area contributed by atoms with E-state index in [-0.39, 0.29) is 11.9 Å². The molecule has 1 nitrogen and oxygen atoms in total. The number of hydrogen-bond donors (Lipinski definition) is 1. The summed E-state index contributed by atoms with van der Waals surface area (Å²) in [6, 6.07) is 4.71. The molecule has 0 fully saturated rings. The number of thioether (sulfide) groups is 1. The Labute approximate surface area is 112 Å². The molecule has 1 N–H and O–H groups in total. The van der Waals surface area contributed by atoms with E-state index < -0.39 is 0 Å². The highest BCUT2D eigenvalue weighted by Crippen LogP contribution is 2.27. The molecule has 0 aliphatic heterocycles. The van der Waals surface area contributed by atoms with Crippen molar-refractivity contribution < 1.29 is 4.39 Å². The van der Waals surface area contributed by atoms with Crippen LogP contribution in [0.2, 0.25) is 5.02 Å². The fourth-order valence-corrected chi connectivity index (χ4v) is 2.42. The normalized spacial score (nSPS) is 12.7. The summed E-state index contributed by atoms with van der Waals surface area (Å²) < 4.78 is 13.3. The maximum atomic E-state index is 13.3. The maximum Gasteiger partial charge on any atom is 0.123 e. The first-order valence-electron chi connectivity index (χ1n) is 5.86. The van der Waals surface area contributed by atoms with Crippen LogP contribution in [0.5, 0.6) is 0 Å². The van der Waals surface area contributed by atoms with Crippen molar-refractivity contribution in [3.05, 3.63) is 34.6 Å². The molecule has 0 aliphatic rings.